The first-order chi connectivity index (χ1) is 9.76. The Morgan fingerprint density at radius 1 is 1.30 bits per heavy atom. The van der Waals surface area contributed by atoms with Crippen molar-refractivity contribution in [2.45, 2.75) is 45.1 Å². The van der Waals surface area contributed by atoms with E-state index in [-0.39, 0.29) is 0 Å². The molecule has 106 valence electrons. The van der Waals surface area contributed by atoms with Crippen LogP contribution in [0.1, 0.15) is 45.1 Å². The SMILES string of the molecule is CCC1CCCC(n2cc(-c3cccc(I)c3)cn2)C1. The maximum atomic E-state index is 4.63. The maximum Gasteiger partial charge on any atom is 0.0568 e. The van der Waals surface area contributed by atoms with E-state index in [9.17, 15) is 0 Å². The van der Waals surface area contributed by atoms with Crippen LogP contribution in [-0.2, 0) is 0 Å². The molecule has 1 aliphatic rings. The molecule has 0 amide bonds. The first-order valence-corrected chi connectivity index (χ1v) is 8.64. The highest BCUT2D eigenvalue weighted by Gasteiger charge is 2.22. The Morgan fingerprint density at radius 3 is 3.00 bits per heavy atom. The summed E-state index contributed by atoms with van der Waals surface area (Å²) in [7, 11) is 0. The van der Waals surface area contributed by atoms with Gasteiger partial charge in [0.25, 0.3) is 0 Å². The zero-order valence-corrected chi connectivity index (χ0v) is 14.1. The molecule has 1 aromatic carbocycles. The molecule has 2 atom stereocenters. The fourth-order valence-electron chi connectivity index (χ4n) is 3.23. The van der Waals surface area contributed by atoms with Crippen molar-refractivity contribution in [3.63, 3.8) is 0 Å². The van der Waals surface area contributed by atoms with E-state index in [2.05, 4.69) is 69.8 Å². The molecule has 0 radical (unpaired) electrons. The van der Waals surface area contributed by atoms with Gasteiger partial charge in [0.05, 0.1) is 12.2 Å². The highest BCUT2D eigenvalue weighted by Crippen LogP contribution is 2.34. The largest absolute Gasteiger partial charge is 0.269 e. The minimum Gasteiger partial charge on any atom is -0.269 e. The number of hydrogen-bond acceptors (Lipinski definition) is 1. The molecule has 1 aromatic heterocycles. The van der Waals surface area contributed by atoms with E-state index in [1.807, 2.05) is 6.20 Å². The molecule has 0 N–H and O–H groups in total. The third-order valence-electron chi connectivity index (χ3n) is 4.47. The summed E-state index contributed by atoms with van der Waals surface area (Å²) in [6.07, 6.45) is 10.9. The molecule has 1 saturated carbocycles. The van der Waals surface area contributed by atoms with Gasteiger partial charge in [-0.15, -0.1) is 0 Å². The molecular formula is C17H21IN2. The van der Waals surface area contributed by atoms with Crippen LogP contribution in [0, 0.1) is 9.49 Å². The lowest BCUT2D eigenvalue weighted by atomic mass is 9.84. The Kier molecular flexibility index (Phi) is 4.44. The van der Waals surface area contributed by atoms with Gasteiger partial charge in [-0.25, -0.2) is 0 Å². The average Bonchev–Trinajstić information content (AvgIpc) is 2.97. The predicted octanol–water partition coefficient (Wildman–Crippen LogP) is 5.30. The summed E-state index contributed by atoms with van der Waals surface area (Å²) in [6, 6.07) is 9.23. The highest BCUT2D eigenvalue weighted by atomic mass is 127. The second-order valence-electron chi connectivity index (χ2n) is 5.81. The van der Waals surface area contributed by atoms with E-state index in [1.54, 1.807) is 0 Å². The summed E-state index contributed by atoms with van der Waals surface area (Å²) in [5, 5.41) is 4.63. The highest BCUT2D eigenvalue weighted by molar-refractivity contribution is 14.1. The molecule has 1 fully saturated rings. The van der Waals surface area contributed by atoms with Crippen LogP contribution in [0.2, 0.25) is 0 Å². The fourth-order valence-corrected chi connectivity index (χ4v) is 3.77. The van der Waals surface area contributed by atoms with Crippen molar-refractivity contribution >= 4 is 22.6 Å². The molecule has 3 heteroatoms. The summed E-state index contributed by atoms with van der Waals surface area (Å²) >= 11 is 2.36. The van der Waals surface area contributed by atoms with Gasteiger partial charge in [0.15, 0.2) is 0 Å². The topological polar surface area (TPSA) is 17.8 Å². The second-order valence-corrected chi connectivity index (χ2v) is 7.06. The van der Waals surface area contributed by atoms with Crippen molar-refractivity contribution < 1.29 is 0 Å². The minimum atomic E-state index is 0.602. The minimum absolute atomic E-state index is 0.602. The van der Waals surface area contributed by atoms with Crippen molar-refractivity contribution in [1.82, 2.24) is 9.78 Å². The molecule has 20 heavy (non-hydrogen) atoms. The monoisotopic (exact) mass is 380 g/mol. The quantitative estimate of drug-likeness (QED) is 0.661. The van der Waals surface area contributed by atoms with Gasteiger partial charge in [-0.3, -0.25) is 4.68 Å². The number of hydrogen-bond donors (Lipinski definition) is 0. The lowest BCUT2D eigenvalue weighted by Gasteiger charge is -2.28. The summed E-state index contributed by atoms with van der Waals surface area (Å²) in [5.41, 5.74) is 2.51. The van der Waals surface area contributed by atoms with Crippen molar-refractivity contribution in [3.8, 4) is 11.1 Å². The van der Waals surface area contributed by atoms with Gasteiger partial charge < -0.3 is 0 Å². The molecule has 3 rings (SSSR count). The van der Waals surface area contributed by atoms with E-state index in [0.717, 1.165) is 5.92 Å². The molecule has 1 heterocycles. The number of nitrogens with zero attached hydrogens (tertiary/aromatic N) is 2. The van der Waals surface area contributed by atoms with Crippen LogP contribution in [0.4, 0.5) is 0 Å². The first kappa shape index (κ1) is 14.1. The molecular weight excluding hydrogens is 359 g/mol. The molecule has 0 aliphatic heterocycles. The summed E-state index contributed by atoms with van der Waals surface area (Å²) in [5.74, 6) is 0.888. The van der Waals surface area contributed by atoms with Gasteiger partial charge in [-0.1, -0.05) is 38.3 Å². The zero-order chi connectivity index (χ0) is 13.9. The zero-order valence-electron chi connectivity index (χ0n) is 11.9. The van der Waals surface area contributed by atoms with Gasteiger partial charge in [0, 0.05) is 15.3 Å². The van der Waals surface area contributed by atoms with Crippen LogP contribution < -0.4 is 0 Å². The fraction of sp³-hybridized carbons (Fsp3) is 0.471. The Balaban J connectivity index is 1.80. The van der Waals surface area contributed by atoms with Crippen LogP contribution in [0.15, 0.2) is 36.7 Å². The molecule has 2 unspecified atom stereocenters. The van der Waals surface area contributed by atoms with Crippen LogP contribution >= 0.6 is 22.6 Å². The number of halogens is 1. The third-order valence-corrected chi connectivity index (χ3v) is 5.14. The molecule has 0 saturated heterocycles. The van der Waals surface area contributed by atoms with Crippen LogP contribution in [0.3, 0.4) is 0 Å². The van der Waals surface area contributed by atoms with Crippen molar-refractivity contribution in [2.75, 3.05) is 0 Å². The lowest BCUT2D eigenvalue weighted by molar-refractivity contribution is 0.248. The summed E-state index contributed by atoms with van der Waals surface area (Å²) in [6.45, 7) is 2.31. The molecule has 1 aliphatic carbocycles. The molecule has 0 spiro atoms. The summed E-state index contributed by atoms with van der Waals surface area (Å²) in [4.78, 5) is 0. The Bertz CT molecular complexity index is 576. The van der Waals surface area contributed by atoms with Gasteiger partial charge in [-0.2, -0.15) is 5.10 Å². The van der Waals surface area contributed by atoms with E-state index in [4.69, 9.17) is 0 Å². The average molecular weight is 380 g/mol. The Morgan fingerprint density at radius 2 is 2.20 bits per heavy atom. The third kappa shape index (κ3) is 3.08. The molecule has 0 bridgehead atoms. The van der Waals surface area contributed by atoms with Gasteiger partial charge >= 0.3 is 0 Å². The van der Waals surface area contributed by atoms with Crippen molar-refractivity contribution in [2.24, 2.45) is 5.92 Å². The smallest absolute Gasteiger partial charge is 0.0568 e. The van der Waals surface area contributed by atoms with Gasteiger partial charge in [0.1, 0.15) is 0 Å². The lowest BCUT2D eigenvalue weighted by Crippen LogP contribution is -2.19. The van der Waals surface area contributed by atoms with E-state index in [0.29, 0.717) is 6.04 Å². The van der Waals surface area contributed by atoms with Crippen LogP contribution in [0.5, 0.6) is 0 Å². The number of aromatic nitrogens is 2. The Hall–Kier alpha value is -0.840. The van der Waals surface area contributed by atoms with E-state index >= 15 is 0 Å². The van der Waals surface area contributed by atoms with E-state index in [1.165, 1.54) is 46.8 Å². The first-order valence-electron chi connectivity index (χ1n) is 7.56. The van der Waals surface area contributed by atoms with Gasteiger partial charge in [-0.05, 0) is 59.0 Å². The normalized spacial score (nSPS) is 22.9. The predicted molar refractivity (Wildman–Crippen MR) is 91.7 cm³/mol. The van der Waals surface area contributed by atoms with Crippen LogP contribution in [0.25, 0.3) is 11.1 Å². The van der Waals surface area contributed by atoms with E-state index < -0.39 is 0 Å². The van der Waals surface area contributed by atoms with Crippen LogP contribution in [-0.4, -0.2) is 9.78 Å². The van der Waals surface area contributed by atoms with Crippen molar-refractivity contribution in [3.05, 3.63) is 40.2 Å². The van der Waals surface area contributed by atoms with Crippen molar-refractivity contribution in [1.29, 1.82) is 0 Å². The number of rotatable bonds is 3. The Labute approximate surface area is 134 Å². The number of benzene rings is 1. The molecule has 2 aromatic rings. The maximum absolute atomic E-state index is 4.63. The molecule has 2 nitrogen and oxygen atoms in total. The summed E-state index contributed by atoms with van der Waals surface area (Å²) < 4.78 is 3.48. The van der Waals surface area contributed by atoms with Gasteiger partial charge in [0.2, 0.25) is 0 Å². The second kappa shape index (κ2) is 6.29. The standard InChI is InChI=1S/C17H21IN2/c1-2-13-5-3-8-17(9-13)20-12-15(11-19-20)14-6-4-7-16(18)10-14/h4,6-7,10-13,17H,2-3,5,8-9H2,1H3.